The number of benzene rings is 3. The summed E-state index contributed by atoms with van der Waals surface area (Å²) in [6.07, 6.45) is 15.1. The Labute approximate surface area is 246 Å². The van der Waals surface area contributed by atoms with Crippen molar-refractivity contribution in [3.63, 3.8) is 0 Å². The first kappa shape index (κ1) is 31.9. The topological polar surface area (TPSA) is 69.5 Å². The summed E-state index contributed by atoms with van der Waals surface area (Å²) in [5.74, 6) is 1.63. The highest BCUT2D eigenvalue weighted by Gasteiger charge is 2.09. The molecular weight excluding hydrogens is 512 g/mol. The van der Waals surface area contributed by atoms with Crippen LogP contribution < -0.4 is 14.2 Å². The first-order chi connectivity index (χ1) is 20.2. The van der Waals surface area contributed by atoms with Gasteiger partial charge in [-0.05, 0) is 85.6 Å². The summed E-state index contributed by atoms with van der Waals surface area (Å²) in [5.41, 5.74) is 1.87. The lowest BCUT2D eigenvalue weighted by Crippen LogP contribution is -2.08. The van der Waals surface area contributed by atoms with Gasteiger partial charge in [-0.15, -0.1) is 0 Å². The van der Waals surface area contributed by atoms with Crippen molar-refractivity contribution in [2.24, 2.45) is 10.2 Å². The lowest BCUT2D eigenvalue weighted by atomic mass is 10.1. The van der Waals surface area contributed by atoms with E-state index in [1.165, 1.54) is 57.8 Å². The van der Waals surface area contributed by atoms with E-state index in [-0.39, 0.29) is 0 Å². The molecule has 0 heterocycles. The van der Waals surface area contributed by atoms with Crippen molar-refractivity contribution in [1.29, 1.82) is 0 Å². The standard InChI is InChI=1S/C35H46N2O4/c1-3-5-7-8-9-10-11-12-13-14-28-40-32-21-15-29(16-22-32)35(38)41-34-25-19-31(20-26-34)37-36-30-17-23-33(24-18-30)39-27-6-4-2/h15-26H,3-14,27-28H2,1-2H3. The van der Waals surface area contributed by atoms with Crippen LogP contribution in [-0.4, -0.2) is 19.2 Å². The molecule has 0 aromatic heterocycles. The molecule has 0 atom stereocenters. The van der Waals surface area contributed by atoms with Gasteiger partial charge in [0, 0.05) is 0 Å². The summed E-state index contributed by atoms with van der Waals surface area (Å²) in [6, 6.07) is 21.6. The molecule has 3 aromatic rings. The van der Waals surface area contributed by atoms with Crippen molar-refractivity contribution >= 4 is 17.3 Å². The van der Waals surface area contributed by atoms with Crippen molar-refractivity contribution in [3.8, 4) is 17.2 Å². The Hall–Kier alpha value is -3.67. The zero-order valence-electron chi connectivity index (χ0n) is 24.9. The average Bonchev–Trinajstić information content (AvgIpc) is 3.00. The smallest absolute Gasteiger partial charge is 0.343 e. The molecule has 0 spiro atoms. The van der Waals surface area contributed by atoms with Crippen molar-refractivity contribution in [2.75, 3.05) is 13.2 Å². The Kier molecular flexibility index (Phi) is 15.1. The normalized spacial score (nSPS) is 11.1. The van der Waals surface area contributed by atoms with Crippen LogP contribution in [0.25, 0.3) is 0 Å². The second kappa shape index (κ2) is 19.4. The SMILES string of the molecule is CCCCCCCCCCCCOc1ccc(C(=O)Oc2ccc(N=Nc3ccc(OCCCC)cc3)cc2)cc1. The van der Waals surface area contributed by atoms with Crippen LogP contribution >= 0.6 is 0 Å². The molecule has 0 saturated heterocycles. The van der Waals surface area contributed by atoms with E-state index in [1.807, 2.05) is 36.4 Å². The lowest BCUT2D eigenvalue weighted by molar-refractivity contribution is 0.0734. The molecule has 0 saturated carbocycles. The number of unbranched alkanes of at least 4 members (excludes halogenated alkanes) is 10. The van der Waals surface area contributed by atoms with Gasteiger partial charge in [-0.25, -0.2) is 4.79 Å². The summed E-state index contributed by atoms with van der Waals surface area (Å²) < 4.78 is 17.0. The van der Waals surface area contributed by atoms with E-state index >= 15 is 0 Å². The summed E-state index contributed by atoms with van der Waals surface area (Å²) in [4.78, 5) is 12.6. The molecule has 0 bridgehead atoms. The number of ether oxygens (including phenoxy) is 3. The molecule has 0 fully saturated rings. The van der Waals surface area contributed by atoms with E-state index in [4.69, 9.17) is 14.2 Å². The van der Waals surface area contributed by atoms with Gasteiger partial charge in [-0.3, -0.25) is 0 Å². The Morgan fingerprint density at radius 1 is 0.512 bits per heavy atom. The van der Waals surface area contributed by atoms with Gasteiger partial charge >= 0.3 is 5.97 Å². The van der Waals surface area contributed by atoms with Crippen LogP contribution in [0.1, 0.15) is 101 Å². The maximum atomic E-state index is 12.6. The van der Waals surface area contributed by atoms with E-state index in [1.54, 1.807) is 36.4 Å². The van der Waals surface area contributed by atoms with Gasteiger partial charge in [0.05, 0.1) is 30.2 Å². The molecule has 3 aromatic carbocycles. The number of carbonyl (C=O) groups excluding carboxylic acids is 1. The fourth-order valence-electron chi connectivity index (χ4n) is 4.27. The van der Waals surface area contributed by atoms with E-state index in [2.05, 4.69) is 24.1 Å². The summed E-state index contributed by atoms with van der Waals surface area (Å²) in [7, 11) is 0. The average molecular weight is 559 g/mol. The Morgan fingerprint density at radius 2 is 0.927 bits per heavy atom. The molecule has 0 N–H and O–H groups in total. The maximum Gasteiger partial charge on any atom is 0.343 e. The van der Waals surface area contributed by atoms with Gasteiger partial charge in [0.1, 0.15) is 17.2 Å². The molecule has 0 amide bonds. The first-order valence-corrected chi connectivity index (χ1v) is 15.4. The highest BCUT2D eigenvalue weighted by atomic mass is 16.5. The van der Waals surface area contributed by atoms with Crippen LogP contribution in [0.3, 0.4) is 0 Å². The number of rotatable bonds is 20. The molecule has 0 aliphatic rings. The number of azo groups is 1. The van der Waals surface area contributed by atoms with E-state index < -0.39 is 5.97 Å². The minimum Gasteiger partial charge on any atom is -0.494 e. The Morgan fingerprint density at radius 3 is 1.44 bits per heavy atom. The van der Waals surface area contributed by atoms with Gasteiger partial charge in [-0.1, -0.05) is 78.1 Å². The van der Waals surface area contributed by atoms with E-state index in [9.17, 15) is 4.79 Å². The van der Waals surface area contributed by atoms with Crippen LogP contribution in [0.15, 0.2) is 83.0 Å². The minimum atomic E-state index is -0.415. The monoisotopic (exact) mass is 558 g/mol. The van der Waals surface area contributed by atoms with Crippen LogP contribution in [0.2, 0.25) is 0 Å². The molecular formula is C35H46N2O4. The zero-order chi connectivity index (χ0) is 29.0. The highest BCUT2D eigenvalue weighted by molar-refractivity contribution is 5.91. The number of hydrogen-bond acceptors (Lipinski definition) is 6. The van der Waals surface area contributed by atoms with Gasteiger partial charge in [0.2, 0.25) is 0 Å². The third-order valence-electron chi connectivity index (χ3n) is 6.79. The van der Waals surface area contributed by atoms with Crippen LogP contribution in [-0.2, 0) is 0 Å². The van der Waals surface area contributed by atoms with Gasteiger partial charge in [-0.2, -0.15) is 10.2 Å². The molecule has 0 unspecified atom stereocenters. The number of nitrogens with zero attached hydrogens (tertiary/aromatic N) is 2. The van der Waals surface area contributed by atoms with Crippen molar-refractivity contribution < 1.29 is 19.0 Å². The Balaban J connectivity index is 1.33. The number of carbonyl (C=O) groups is 1. The molecule has 0 radical (unpaired) electrons. The van der Waals surface area contributed by atoms with Gasteiger partial charge in [0.25, 0.3) is 0 Å². The van der Waals surface area contributed by atoms with Crippen LogP contribution in [0.5, 0.6) is 17.2 Å². The minimum absolute atomic E-state index is 0.415. The van der Waals surface area contributed by atoms with Crippen molar-refractivity contribution in [1.82, 2.24) is 0 Å². The maximum absolute atomic E-state index is 12.6. The van der Waals surface area contributed by atoms with Crippen molar-refractivity contribution in [2.45, 2.75) is 90.9 Å². The molecule has 41 heavy (non-hydrogen) atoms. The third-order valence-corrected chi connectivity index (χ3v) is 6.79. The summed E-state index contributed by atoms with van der Waals surface area (Å²) in [5, 5.41) is 8.53. The Bertz CT molecular complexity index is 1140. The predicted molar refractivity (Wildman–Crippen MR) is 166 cm³/mol. The molecule has 3 rings (SSSR count). The zero-order valence-corrected chi connectivity index (χ0v) is 24.9. The molecule has 6 nitrogen and oxygen atoms in total. The fourth-order valence-corrected chi connectivity index (χ4v) is 4.27. The molecule has 6 heteroatoms. The third kappa shape index (κ3) is 13.0. The molecule has 220 valence electrons. The lowest BCUT2D eigenvalue weighted by Gasteiger charge is -2.08. The second-order valence-corrected chi connectivity index (χ2v) is 10.3. The van der Waals surface area contributed by atoms with E-state index in [0.717, 1.165) is 36.4 Å². The first-order valence-electron chi connectivity index (χ1n) is 15.4. The summed E-state index contributed by atoms with van der Waals surface area (Å²) >= 11 is 0. The largest absolute Gasteiger partial charge is 0.494 e. The summed E-state index contributed by atoms with van der Waals surface area (Å²) in [6.45, 7) is 5.81. The van der Waals surface area contributed by atoms with E-state index in [0.29, 0.717) is 30.2 Å². The van der Waals surface area contributed by atoms with Crippen LogP contribution in [0.4, 0.5) is 11.4 Å². The van der Waals surface area contributed by atoms with Gasteiger partial charge in [0.15, 0.2) is 0 Å². The number of esters is 1. The van der Waals surface area contributed by atoms with Gasteiger partial charge < -0.3 is 14.2 Å². The molecule has 0 aliphatic carbocycles. The quantitative estimate of drug-likeness (QED) is 0.0598. The van der Waals surface area contributed by atoms with Crippen molar-refractivity contribution in [3.05, 3.63) is 78.4 Å². The highest BCUT2D eigenvalue weighted by Crippen LogP contribution is 2.24. The predicted octanol–water partition coefficient (Wildman–Crippen LogP) is 10.8. The molecule has 0 aliphatic heterocycles. The van der Waals surface area contributed by atoms with Crippen LogP contribution in [0, 0.1) is 0 Å². The number of hydrogen-bond donors (Lipinski definition) is 0. The second-order valence-electron chi connectivity index (χ2n) is 10.3. The fraction of sp³-hybridized carbons (Fsp3) is 0.457.